The summed E-state index contributed by atoms with van der Waals surface area (Å²) in [5.41, 5.74) is 4.09. The first-order valence-corrected chi connectivity index (χ1v) is 11.2. The maximum Gasteiger partial charge on any atom is 0.259 e. The molecule has 0 atom stereocenters. The third kappa shape index (κ3) is 4.08. The molecule has 4 rings (SSSR count). The summed E-state index contributed by atoms with van der Waals surface area (Å²) in [6, 6.07) is 17.6. The fourth-order valence-electron chi connectivity index (χ4n) is 3.01. The molecular weight excluding hydrogens is 516 g/mol. The molecule has 4 nitrogen and oxygen atoms in total. The quantitative estimate of drug-likeness (QED) is 0.306. The van der Waals surface area contributed by atoms with Gasteiger partial charge in [-0.25, -0.2) is 4.98 Å². The number of nitrogens with zero attached hydrogens (tertiary/aromatic N) is 1. The van der Waals surface area contributed by atoms with Gasteiger partial charge >= 0.3 is 0 Å². The van der Waals surface area contributed by atoms with Crippen molar-refractivity contribution in [3.05, 3.63) is 74.7 Å². The molecule has 0 saturated heterocycles. The number of methoxy groups -OCH3 is 1. The number of halogens is 2. The molecule has 1 amide bonds. The van der Waals surface area contributed by atoms with E-state index in [4.69, 9.17) is 9.72 Å². The fraction of sp³-hybridized carbons (Fsp3) is 0.0909. The average Bonchev–Trinajstić information content (AvgIpc) is 3.13. The molecule has 0 saturated carbocycles. The van der Waals surface area contributed by atoms with Crippen LogP contribution in [0.1, 0.15) is 15.9 Å². The number of thiazole rings is 1. The summed E-state index contributed by atoms with van der Waals surface area (Å²) in [5.74, 6) is 0.249. The lowest BCUT2D eigenvalue weighted by atomic mass is 10.1. The molecule has 0 unspecified atom stereocenters. The Morgan fingerprint density at radius 3 is 2.66 bits per heavy atom. The van der Waals surface area contributed by atoms with Gasteiger partial charge in [-0.1, -0.05) is 40.2 Å². The zero-order chi connectivity index (χ0) is 20.5. The van der Waals surface area contributed by atoms with Gasteiger partial charge in [0.2, 0.25) is 0 Å². The Morgan fingerprint density at radius 2 is 1.90 bits per heavy atom. The van der Waals surface area contributed by atoms with E-state index >= 15 is 0 Å². The van der Waals surface area contributed by atoms with Gasteiger partial charge in [-0.2, -0.15) is 0 Å². The van der Waals surface area contributed by atoms with Crippen LogP contribution in [0.4, 0.5) is 5.69 Å². The third-order valence-corrected chi connectivity index (χ3v) is 6.62. The largest absolute Gasteiger partial charge is 0.495 e. The predicted octanol–water partition coefficient (Wildman–Crippen LogP) is 7.06. The highest BCUT2D eigenvalue weighted by molar-refractivity contribution is 9.11. The molecule has 0 aliphatic heterocycles. The van der Waals surface area contributed by atoms with Crippen LogP contribution in [0.25, 0.3) is 20.8 Å². The van der Waals surface area contributed by atoms with E-state index in [2.05, 4.69) is 43.2 Å². The molecule has 146 valence electrons. The summed E-state index contributed by atoms with van der Waals surface area (Å²) in [6.45, 7) is 1.96. The number of benzene rings is 3. The van der Waals surface area contributed by atoms with Crippen LogP contribution < -0.4 is 10.1 Å². The minimum Gasteiger partial charge on any atom is -0.495 e. The zero-order valence-electron chi connectivity index (χ0n) is 15.6. The summed E-state index contributed by atoms with van der Waals surface area (Å²) < 4.78 is 8.04. The van der Waals surface area contributed by atoms with E-state index in [1.165, 1.54) is 0 Å². The molecule has 4 aromatic rings. The first kappa shape index (κ1) is 20.1. The van der Waals surface area contributed by atoms with Crippen molar-refractivity contribution in [1.29, 1.82) is 0 Å². The number of aromatic nitrogens is 1. The van der Waals surface area contributed by atoms with E-state index < -0.39 is 0 Å². The third-order valence-electron chi connectivity index (χ3n) is 4.48. The van der Waals surface area contributed by atoms with Gasteiger partial charge in [-0.15, -0.1) is 11.3 Å². The van der Waals surface area contributed by atoms with Crippen molar-refractivity contribution in [2.75, 3.05) is 12.4 Å². The molecule has 1 N–H and O–H groups in total. The SMILES string of the molecule is COc1c(Br)cc(Br)cc1C(=O)Nc1cc(-c2nc3ccccc3s2)ccc1C. The van der Waals surface area contributed by atoms with E-state index in [1.54, 1.807) is 24.5 Å². The van der Waals surface area contributed by atoms with Gasteiger partial charge in [0.05, 0.1) is 27.4 Å². The molecule has 0 bridgehead atoms. The van der Waals surface area contributed by atoms with E-state index in [1.807, 2.05) is 49.4 Å². The van der Waals surface area contributed by atoms with Gasteiger partial charge in [-0.05, 0) is 58.7 Å². The Labute approximate surface area is 189 Å². The van der Waals surface area contributed by atoms with Crippen LogP contribution in [0.5, 0.6) is 5.75 Å². The molecule has 0 aliphatic carbocycles. The van der Waals surface area contributed by atoms with Crippen molar-refractivity contribution in [2.24, 2.45) is 0 Å². The predicted molar refractivity (Wildman–Crippen MR) is 126 cm³/mol. The molecule has 3 aromatic carbocycles. The summed E-state index contributed by atoms with van der Waals surface area (Å²) >= 11 is 8.51. The molecule has 1 aromatic heterocycles. The van der Waals surface area contributed by atoms with E-state index in [9.17, 15) is 4.79 Å². The van der Waals surface area contributed by atoms with Crippen molar-refractivity contribution in [3.8, 4) is 16.3 Å². The number of rotatable bonds is 4. The fourth-order valence-corrected chi connectivity index (χ4v) is 5.36. The lowest BCUT2D eigenvalue weighted by Gasteiger charge is -2.13. The highest BCUT2D eigenvalue weighted by Crippen LogP contribution is 2.35. The normalized spacial score (nSPS) is 10.9. The van der Waals surface area contributed by atoms with Gasteiger partial charge in [0, 0.05) is 15.7 Å². The van der Waals surface area contributed by atoms with Crippen LogP contribution in [0.15, 0.2) is 63.5 Å². The molecule has 1 heterocycles. The standard InChI is InChI=1S/C22H16Br2N2O2S/c1-12-7-8-13(22-26-17-5-3-4-6-19(17)29-22)9-18(12)25-21(27)15-10-14(23)11-16(24)20(15)28-2/h3-11H,1-2H3,(H,25,27). The number of hydrogen-bond donors (Lipinski definition) is 1. The number of hydrogen-bond acceptors (Lipinski definition) is 4. The molecule has 0 fully saturated rings. The number of amides is 1. The number of fused-ring (bicyclic) bond motifs is 1. The topological polar surface area (TPSA) is 51.2 Å². The van der Waals surface area contributed by atoms with Gasteiger partial charge in [0.25, 0.3) is 5.91 Å². The number of aryl methyl sites for hydroxylation is 1. The molecule has 7 heteroatoms. The summed E-state index contributed by atoms with van der Waals surface area (Å²) in [6.07, 6.45) is 0. The Kier molecular flexibility index (Phi) is 5.72. The second-order valence-corrected chi connectivity index (χ2v) is 9.24. The number of ether oxygens (including phenoxy) is 1. The second kappa shape index (κ2) is 8.26. The maximum absolute atomic E-state index is 13.0. The van der Waals surface area contributed by atoms with Crippen LogP contribution >= 0.6 is 43.2 Å². The van der Waals surface area contributed by atoms with Crippen LogP contribution in [-0.4, -0.2) is 18.0 Å². The first-order chi connectivity index (χ1) is 14.0. The first-order valence-electron chi connectivity index (χ1n) is 8.77. The van der Waals surface area contributed by atoms with Crippen molar-refractivity contribution < 1.29 is 9.53 Å². The van der Waals surface area contributed by atoms with Crippen LogP contribution in [0, 0.1) is 6.92 Å². The van der Waals surface area contributed by atoms with E-state index in [0.29, 0.717) is 15.8 Å². The Balaban J connectivity index is 1.69. The van der Waals surface area contributed by atoms with E-state index in [-0.39, 0.29) is 5.91 Å². The highest BCUT2D eigenvalue weighted by atomic mass is 79.9. The average molecular weight is 532 g/mol. The second-order valence-electron chi connectivity index (χ2n) is 6.44. The van der Waals surface area contributed by atoms with Crippen molar-refractivity contribution >= 4 is 65.0 Å². The summed E-state index contributed by atoms with van der Waals surface area (Å²) in [7, 11) is 1.55. The molecule has 0 radical (unpaired) electrons. The van der Waals surface area contributed by atoms with Crippen LogP contribution in [0.3, 0.4) is 0 Å². The number of nitrogens with one attached hydrogen (secondary N) is 1. The highest BCUT2D eigenvalue weighted by Gasteiger charge is 2.18. The number of carbonyl (C=O) groups excluding carboxylic acids is 1. The number of para-hydroxylation sites is 1. The lowest BCUT2D eigenvalue weighted by Crippen LogP contribution is -2.14. The number of carbonyl (C=O) groups is 1. The molecule has 0 aliphatic rings. The van der Waals surface area contributed by atoms with Gasteiger partial charge in [-0.3, -0.25) is 4.79 Å². The zero-order valence-corrected chi connectivity index (χ0v) is 19.6. The smallest absolute Gasteiger partial charge is 0.259 e. The van der Waals surface area contributed by atoms with Crippen LogP contribution in [-0.2, 0) is 0 Å². The van der Waals surface area contributed by atoms with Crippen molar-refractivity contribution in [2.45, 2.75) is 6.92 Å². The van der Waals surface area contributed by atoms with Gasteiger partial charge in [0.15, 0.2) is 0 Å². The minimum absolute atomic E-state index is 0.242. The number of anilines is 1. The Hall–Kier alpha value is -2.22. The maximum atomic E-state index is 13.0. The Morgan fingerprint density at radius 1 is 1.10 bits per heavy atom. The minimum atomic E-state index is -0.242. The Bertz CT molecular complexity index is 1200. The molecule has 0 spiro atoms. The van der Waals surface area contributed by atoms with Crippen molar-refractivity contribution in [3.63, 3.8) is 0 Å². The summed E-state index contributed by atoms with van der Waals surface area (Å²) in [5, 5.41) is 3.94. The van der Waals surface area contributed by atoms with Crippen molar-refractivity contribution in [1.82, 2.24) is 4.98 Å². The lowest BCUT2D eigenvalue weighted by molar-refractivity contribution is 0.102. The molecule has 29 heavy (non-hydrogen) atoms. The van der Waals surface area contributed by atoms with Gasteiger partial charge in [0.1, 0.15) is 10.8 Å². The molecular formula is C22H16Br2N2O2S. The van der Waals surface area contributed by atoms with Crippen LogP contribution in [0.2, 0.25) is 0 Å². The monoisotopic (exact) mass is 530 g/mol. The van der Waals surface area contributed by atoms with Gasteiger partial charge < -0.3 is 10.1 Å². The summed E-state index contributed by atoms with van der Waals surface area (Å²) in [4.78, 5) is 17.7. The van der Waals surface area contributed by atoms with E-state index in [0.717, 1.165) is 36.5 Å².